The number of hydrogen-bond acceptors (Lipinski definition) is 6. The number of amides is 1. The van der Waals surface area contributed by atoms with E-state index >= 15 is 0 Å². The second-order valence-corrected chi connectivity index (χ2v) is 9.40. The highest BCUT2D eigenvalue weighted by atomic mass is 79.9. The summed E-state index contributed by atoms with van der Waals surface area (Å²) in [6.07, 6.45) is 1.61. The molecular formula is C21H17BrN4OS2. The molecule has 0 aliphatic heterocycles. The number of carbonyl (C=O) groups excluding carboxylic acids is 1. The zero-order valence-corrected chi connectivity index (χ0v) is 19.0. The van der Waals surface area contributed by atoms with Gasteiger partial charge in [-0.3, -0.25) is 10.1 Å². The van der Waals surface area contributed by atoms with Crippen molar-refractivity contribution in [1.82, 2.24) is 15.0 Å². The number of benzene rings is 2. The van der Waals surface area contributed by atoms with Gasteiger partial charge in [0.2, 0.25) is 0 Å². The van der Waals surface area contributed by atoms with E-state index in [9.17, 15) is 4.79 Å². The Balaban J connectivity index is 1.49. The summed E-state index contributed by atoms with van der Waals surface area (Å²) in [5.41, 5.74) is 4.73. The highest BCUT2D eigenvalue weighted by Crippen LogP contribution is 2.28. The molecule has 2 aromatic heterocycles. The molecule has 0 fully saturated rings. The van der Waals surface area contributed by atoms with Gasteiger partial charge >= 0.3 is 0 Å². The molecule has 2 heterocycles. The summed E-state index contributed by atoms with van der Waals surface area (Å²) in [6.45, 7) is 4.09. The van der Waals surface area contributed by atoms with E-state index in [1.165, 1.54) is 34.2 Å². The molecule has 29 heavy (non-hydrogen) atoms. The van der Waals surface area contributed by atoms with Crippen molar-refractivity contribution < 1.29 is 4.79 Å². The van der Waals surface area contributed by atoms with Crippen LogP contribution in [0, 0.1) is 13.8 Å². The van der Waals surface area contributed by atoms with E-state index < -0.39 is 0 Å². The Morgan fingerprint density at radius 1 is 1.10 bits per heavy atom. The van der Waals surface area contributed by atoms with Crippen LogP contribution >= 0.6 is 39.0 Å². The normalized spacial score (nSPS) is 11.0. The van der Waals surface area contributed by atoms with Crippen LogP contribution in [0.4, 0.5) is 5.13 Å². The summed E-state index contributed by atoms with van der Waals surface area (Å²) in [7, 11) is 0. The van der Waals surface area contributed by atoms with E-state index in [4.69, 9.17) is 0 Å². The zero-order chi connectivity index (χ0) is 20.4. The molecule has 5 nitrogen and oxygen atoms in total. The Bertz CT molecular complexity index is 1190. The Morgan fingerprint density at radius 3 is 2.66 bits per heavy atom. The fourth-order valence-corrected chi connectivity index (χ4v) is 4.76. The van der Waals surface area contributed by atoms with Gasteiger partial charge in [-0.1, -0.05) is 59.0 Å². The van der Waals surface area contributed by atoms with Gasteiger partial charge in [-0.25, -0.2) is 15.0 Å². The fraction of sp³-hybridized carbons (Fsp3) is 0.143. The molecule has 1 amide bonds. The van der Waals surface area contributed by atoms with Crippen LogP contribution in [-0.4, -0.2) is 20.9 Å². The van der Waals surface area contributed by atoms with Crippen molar-refractivity contribution in [3.05, 3.63) is 75.5 Å². The molecule has 8 heteroatoms. The van der Waals surface area contributed by atoms with Crippen molar-refractivity contribution in [2.45, 2.75) is 24.8 Å². The second-order valence-electron chi connectivity index (χ2n) is 6.57. The number of rotatable bonds is 5. The number of anilines is 1. The molecule has 4 rings (SSSR count). The minimum Gasteiger partial charge on any atom is -0.296 e. The number of aromatic nitrogens is 3. The third kappa shape index (κ3) is 4.83. The minimum absolute atomic E-state index is 0.293. The standard InChI is InChI=1S/C21H17BrN4OS2/c1-12-3-6-14(7-4-12)11-28-20-23-10-15(22)18(25-20)19(27)26-21-24-16-8-5-13(2)9-17(16)29-21/h3-10H,11H2,1-2H3,(H,24,26,27). The number of fused-ring (bicyclic) bond motifs is 1. The predicted molar refractivity (Wildman–Crippen MR) is 123 cm³/mol. The number of nitrogens with zero attached hydrogens (tertiary/aromatic N) is 3. The van der Waals surface area contributed by atoms with Crippen LogP contribution in [0.3, 0.4) is 0 Å². The lowest BCUT2D eigenvalue weighted by atomic mass is 10.2. The van der Waals surface area contributed by atoms with Gasteiger partial charge in [-0.05, 0) is 53.0 Å². The van der Waals surface area contributed by atoms with Crippen LogP contribution in [0.15, 0.2) is 58.3 Å². The zero-order valence-electron chi connectivity index (χ0n) is 15.8. The monoisotopic (exact) mass is 484 g/mol. The van der Waals surface area contributed by atoms with Gasteiger partial charge in [-0.15, -0.1) is 0 Å². The predicted octanol–water partition coefficient (Wildman–Crippen LogP) is 6.01. The molecule has 0 unspecified atom stereocenters. The van der Waals surface area contributed by atoms with Gasteiger partial charge in [0.05, 0.1) is 14.7 Å². The van der Waals surface area contributed by atoms with Gasteiger partial charge in [-0.2, -0.15) is 0 Å². The topological polar surface area (TPSA) is 67.8 Å². The van der Waals surface area contributed by atoms with E-state index in [2.05, 4.69) is 73.5 Å². The summed E-state index contributed by atoms with van der Waals surface area (Å²) in [5.74, 6) is 0.424. The largest absolute Gasteiger partial charge is 0.296 e. The Hall–Kier alpha value is -2.29. The highest BCUT2D eigenvalue weighted by molar-refractivity contribution is 9.10. The molecule has 4 aromatic rings. The summed E-state index contributed by atoms with van der Waals surface area (Å²) in [6, 6.07) is 14.4. The number of nitrogens with one attached hydrogen (secondary N) is 1. The van der Waals surface area contributed by atoms with Gasteiger partial charge < -0.3 is 0 Å². The molecule has 0 saturated carbocycles. The summed E-state index contributed by atoms with van der Waals surface area (Å²) < 4.78 is 1.59. The van der Waals surface area contributed by atoms with Crippen molar-refractivity contribution in [2.75, 3.05) is 5.32 Å². The molecule has 0 saturated heterocycles. The number of halogens is 1. The van der Waals surface area contributed by atoms with Gasteiger partial charge in [0.25, 0.3) is 5.91 Å². The summed E-state index contributed by atoms with van der Waals surface area (Å²) in [5, 5.41) is 3.96. The molecule has 2 aromatic carbocycles. The summed E-state index contributed by atoms with van der Waals surface area (Å²) in [4.78, 5) is 26.0. The number of thioether (sulfide) groups is 1. The van der Waals surface area contributed by atoms with Crippen molar-refractivity contribution in [3.63, 3.8) is 0 Å². The summed E-state index contributed by atoms with van der Waals surface area (Å²) >= 11 is 6.32. The van der Waals surface area contributed by atoms with Crippen LogP contribution in [0.25, 0.3) is 10.2 Å². The molecule has 0 atom stereocenters. The number of carbonyl (C=O) groups is 1. The lowest BCUT2D eigenvalue weighted by Crippen LogP contribution is -2.15. The lowest BCUT2D eigenvalue weighted by molar-refractivity contribution is 0.102. The average Bonchev–Trinajstić information content (AvgIpc) is 3.09. The van der Waals surface area contributed by atoms with E-state index in [1.54, 1.807) is 6.20 Å². The van der Waals surface area contributed by atoms with Gasteiger partial charge in [0.15, 0.2) is 10.3 Å². The molecule has 0 aliphatic carbocycles. The SMILES string of the molecule is Cc1ccc(CSc2ncc(Br)c(C(=O)Nc3nc4ccc(C)cc4s3)n2)cc1. The second kappa shape index (κ2) is 8.61. The molecule has 0 bridgehead atoms. The maximum atomic E-state index is 12.8. The maximum absolute atomic E-state index is 12.8. The van der Waals surface area contributed by atoms with Crippen molar-refractivity contribution in [3.8, 4) is 0 Å². The molecule has 146 valence electrons. The van der Waals surface area contributed by atoms with Crippen LogP contribution in [0.5, 0.6) is 0 Å². The van der Waals surface area contributed by atoms with E-state index in [1.807, 2.05) is 19.1 Å². The van der Waals surface area contributed by atoms with Gasteiger partial charge in [0, 0.05) is 11.9 Å². The van der Waals surface area contributed by atoms with Crippen LogP contribution in [-0.2, 0) is 5.75 Å². The molecule has 1 N–H and O–H groups in total. The highest BCUT2D eigenvalue weighted by Gasteiger charge is 2.16. The molecular weight excluding hydrogens is 468 g/mol. The first-order valence-corrected chi connectivity index (χ1v) is 11.5. The minimum atomic E-state index is -0.313. The third-order valence-corrected chi connectivity index (χ3v) is 6.64. The first kappa shape index (κ1) is 20.0. The van der Waals surface area contributed by atoms with E-state index in [-0.39, 0.29) is 5.91 Å². The third-order valence-electron chi connectivity index (χ3n) is 4.19. The molecule has 0 radical (unpaired) electrons. The van der Waals surface area contributed by atoms with E-state index in [0.29, 0.717) is 20.5 Å². The van der Waals surface area contributed by atoms with Crippen molar-refractivity contribution in [1.29, 1.82) is 0 Å². The quantitative estimate of drug-likeness (QED) is 0.277. The Labute approximate surface area is 185 Å². The van der Waals surface area contributed by atoms with Crippen molar-refractivity contribution >= 4 is 60.3 Å². The van der Waals surface area contributed by atoms with Gasteiger partial charge in [0.1, 0.15) is 5.69 Å². The Kier molecular flexibility index (Phi) is 5.94. The number of aryl methyl sites for hydroxylation is 2. The molecule has 0 aliphatic rings. The average molecular weight is 485 g/mol. The van der Waals surface area contributed by atoms with Crippen LogP contribution in [0.2, 0.25) is 0 Å². The number of hydrogen-bond donors (Lipinski definition) is 1. The molecule has 0 spiro atoms. The van der Waals surface area contributed by atoms with Crippen LogP contribution in [0.1, 0.15) is 27.2 Å². The maximum Gasteiger partial charge on any atom is 0.277 e. The Morgan fingerprint density at radius 2 is 1.86 bits per heavy atom. The van der Waals surface area contributed by atoms with Crippen LogP contribution < -0.4 is 5.32 Å². The first-order valence-electron chi connectivity index (χ1n) is 8.87. The van der Waals surface area contributed by atoms with E-state index in [0.717, 1.165) is 21.5 Å². The first-order chi connectivity index (χ1) is 14.0. The number of thiazole rings is 1. The smallest absolute Gasteiger partial charge is 0.277 e. The lowest BCUT2D eigenvalue weighted by Gasteiger charge is -2.06. The van der Waals surface area contributed by atoms with Crippen molar-refractivity contribution in [2.24, 2.45) is 0 Å². The fourth-order valence-electron chi connectivity index (χ4n) is 2.65.